The molecular weight excluding hydrogens is 272 g/mol. The van der Waals surface area contributed by atoms with Crippen molar-refractivity contribution >= 4 is 11.9 Å². The van der Waals surface area contributed by atoms with Gasteiger partial charge in [-0.1, -0.05) is 6.07 Å². The molecule has 0 aliphatic rings. The zero-order chi connectivity index (χ0) is 15.2. The van der Waals surface area contributed by atoms with Gasteiger partial charge >= 0.3 is 5.97 Å². The average Bonchev–Trinajstić information content (AvgIpc) is 2.93. The van der Waals surface area contributed by atoms with Crippen LogP contribution in [0, 0.1) is 6.92 Å². The van der Waals surface area contributed by atoms with Gasteiger partial charge < -0.3 is 15.4 Å². The fraction of sp³-hybridized carbons (Fsp3) is 0.286. The van der Waals surface area contributed by atoms with Crippen molar-refractivity contribution in [3.8, 4) is 0 Å². The molecule has 21 heavy (non-hydrogen) atoms. The molecule has 1 atom stereocenters. The second-order valence-electron chi connectivity index (χ2n) is 4.68. The molecule has 0 bridgehead atoms. The van der Waals surface area contributed by atoms with Crippen molar-refractivity contribution in [3.05, 3.63) is 47.8 Å². The van der Waals surface area contributed by atoms with Gasteiger partial charge in [-0.25, -0.2) is 9.78 Å². The van der Waals surface area contributed by atoms with Crippen molar-refractivity contribution in [2.75, 3.05) is 0 Å². The van der Waals surface area contributed by atoms with Gasteiger partial charge in [-0.05, 0) is 18.6 Å². The summed E-state index contributed by atoms with van der Waals surface area (Å²) in [5.74, 6) is -1.46. The lowest BCUT2D eigenvalue weighted by atomic mass is 10.1. The van der Waals surface area contributed by atoms with E-state index in [4.69, 9.17) is 0 Å². The first-order valence-electron chi connectivity index (χ1n) is 6.46. The lowest BCUT2D eigenvalue weighted by Crippen LogP contribution is -2.43. The number of carbonyl (C=O) groups is 2. The molecule has 1 amide bonds. The first kappa shape index (κ1) is 14.7. The number of aromatic amines is 1. The van der Waals surface area contributed by atoms with Gasteiger partial charge in [0.05, 0.1) is 18.4 Å². The highest BCUT2D eigenvalue weighted by Gasteiger charge is 2.21. The standard InChI is InChI=1S/C14H16N4O3/c1-9-3-2-4-16-11(9)6-13(19)18-12(14(20)21)5-10-7-15-8-17-10/h2-4,7-8,12H,5-6H2,1H3,(H,15,17)(H,18,19)(H,20,21)/t12-/m0/s1. The number of hydrogen-bond acceptors (Lipinski definition) is 4. The maximum Gasteiger partial charge on any atom is 0.326 e. The number of aryl methyl sites for hydroxylation is 1. The summed E-state index contributed by atoms with van der Waals surface area (Å²) in [6.45, 7) is 1.86. The number of carboxylic acids is 1. The highest BCUT2D eigenvalue weighted by molar-refractivity contribution is 5.84. The number of carboxylic acid groups (broad SMARTS) is 1. The molecule has 2 heterocycles. The predicted molar refractivity (Wildman–Crippen MR) is 74.5 cm³/mol. The van der Waals surface area contributed by atoms with E-state index in [1.165, 1.54) is 12.5 Å². The third-order valence-corrected chi connectivity index (χ3v) is 3.06. The van der Waals surface area contributed by atoms with Gasteiger partial charge in [-0.3, -0.25) is 9.78 Å². The molecule has 110 valence electrons. The largest absolute Gasteiger partial charge is 0.480 e. The second-order valence-corrected chi connectivity index (χ2v) is 4.68. The SMILES string of the molecule is Cc1cccnc1CC(=O)N[C@@H](Cc1cnc[nH]1)C(=O)O. The fourth-order valence-corrected chi connectivity index (χ4v) is 1.92. The van der Waals surface area contributed by atoms with Crippen LogP contribution in [-0.2, 0) is 22.4 Å². The van der Waals surface area contributed by atoms with Crippen molar-refractivity contribution in [3.63, 3.8) is 0 Å². The van der Waals surface area contributed by atoms with E-state index in [9.17, 15) is 14.7 Å². The normalized spacial score (nSPS) is 11.9. The minimum absolute atomic E-state index is 0.0550. The monoisotopic (exact) mass is 288 g/mol. The number of H-pyrrole nitrogens is 1. The van der Waals surface area contributed by atoms with Crippen molar-refractivity contribution in [1.29, 1.82) is 0 Å². The number of amides is 1. The van der Waals surface area contributed by atoms with E-state index in [-0.39, 0.29) is 18.7 Å². The van der Waals surface area contributed by atoms with Crippen molar-refractivity contribution < 1.29 is 14.7 Å². The Morgan fingerprint density at radius 1 is 1.48 bits per heavy atom. The van der Waals surface area contributed by atoms with Crippen molar-refractivity contribution in [1.82, 2.24) is 20.3 Å². The fourth-order valence-electron chi connectivity index (χ4n) is 1.92. The van der Waals surface area contributed by atoms with E-state index in [1.54, 1.807) is 12.3 Å². The molecule has 0 saturated heterocycles. The van der Waals surface area contributed by atoms with Crippen LogP contribution in [0.1, 0.15) is 17.0 Å². The molecule has 2 aromatic heterocycles. The molecule has 0 aliphatic heterocycles. The summed E-state index contributed by atoms with van der Waals surface area (Å²) in [5, 5.41) is 11.7. The maximum absolute atomic E-state index is 12.0. The third kappa shape index (κ3) is 4.13. The molecule has 3 N–H and O–H groups in total. The summed E-state index contributed by atoms with van der Waals surface area (Å²) in [6.07, 6.45) is 4.81. The smallest absolute Gasteiger partial charge is 0.326 e. The Labute approximate surface area is 121 Å². The van der Waals surface area contributed by atoms with Gasteiger partial charge in [-0.2, -0.15) is 0 Å². The average molecular weight is 288 g/mol. The minimum Gasteiger partial charge on any atom is -0.480 e. The van der Waals surface area contributed by atoms with Crippen LogP contribution >= 0.6 is 0 Å². The van der Waals surface area contributed by atoms with E-state index < -0.39 is 12.0 Å². The Morgan fingerprint density at radius 3 is 2.90 bits per heavy atom. The van der Waals surface area contributed by atoms with Crippen LogP contribution in [0.5, 0.6) is 0 Å². The Kier molecular flexibility index (Phi) is 4.65. The Morgan fingerprint density at radius 2 is 2.29 bits per heavy atom. The molecule has 0 radical (unpaired) electrons. The molecule has 7 nitrogen and oxygen atoms in total. The zero-order valence-corrected chi connectivity index (χ0v) is 11.5. The quantitative estimate of drug-likeness (QED) is 0.716. The summed E-state index contributed by atoms with van der Waals surface area (Å²) in [5.41, 5.74) is 2.19. The number of nitrogens with zero attached hydrogens (tertiary/aromatic N) is 2. The molecule has 0 aliphatic carbocycles. The number of aliphatic carboxylic acids is 1. The number of nitrogens with one attached hydrogen (secondary N) is 2. The van der Waals surface area contributed by atoms with Gasteiger partial charge in [0.2, 0.25) is 5.91 Å². The highest BCUT2D eigenvalue weighted by Crippen LogP contribution is 2.05. The molecule has 7 heteroatoms. The van der Waals surface area contributed by atoms with Gasteiger partial charge in [0.15, 0.2) is 0 Å². The first-order chi connectivity index (χ1) is 10.1. The molecule has 0 aromatic carbocycles. The van der Waals surface area contributed by atoms with Gasteiger partial charge in [0, 0.05) is 24.5 Å². The van der Waals surface area contributed by atoms with Crippen molar-refractivity contribution in [2.45, 2.75) is 25.8 Å². The number of imidazole rings is 1. The second kappa shape index (κ2) is 6.65. The Bertz CT molecular complexity index is 625. The first-order valence-corrected chi connectivity index (χ1v) is 6.46. The Balaban J connectivity index is 1.98. The summed E-state index contributed by atoms with van der Waals surface area (Å²) < 4.78 is 0. The van der Waals surface area contributed by atoms with E-state index in [2.05, 4.69) is 20.3 Å². The van der Waals surface area contributed by atoms with E-state index >= 15 is 0 Å². The maximum atomic E-state index is 12.0. The zero-order valence-electron chi connectivity index (χ0n) is 11.5. The number of carbonyl (C=O) groups excluding carboxylic acids is 1. The molecule has 0 unspecified atom stereocenters. The van der Waals surface area contributed by atoms with E-state index in [0.29, 0.717) is 11.4 Å². The summed E-state index contributed by atoms with van der Waals surface area (Å²) >= 11 is 0. The molecule has 0 fully saturated rings. The minimum atomic E-state index is -1.09. The van der Waals surface area contributed by atoms with Crippen LogP contribution in [0.15, 0.2) is 30.9 Å². The number of aromatic nitrogens is 3. The van der Waals surface area contributed by atoms with E-state index in [0.717, 1.165) is 5.56 Å². The third-order valence-electron chi connectivity index (χ3n) is 3.06. The summed E-state index contributed by atoms with van der Waals surface area (Å²) in [6, 6.07) is 2.64. The van der Waals surface area contributed by atoms with Gasteiger partial charge in [0.25, 0.3) is 0 Å². The van der Waals surface area contributed by atoms with Crippen LogP contribution in [0.4, 0.5) is 0 Å². The molecule has 2 aromatic rings. The number of hydrogen-bond donors (Lipinski definition) is 3. The summed E-state index contributed by atoms with van der Waals surface area (Å²) in [7, 11) is 0. The van der Waals surface area contributed by atoms with Crippen LogP contribution in [0.2, 0.25) is 0 Å². The predicted octanol–water partition coefficient (Wildman–Crippen LogP) is 0.468. The molecular formula is C14H16N4O3. The van der Waals surface area contributed by atoms with Crippen LogP contribution in [-0.4, -0.2) is 38.0 Å². The lowest BCUT2D eigenvalue weighted by Gasteiger charge is -2.14. The van der Waals surface area contributed by atoms with Crippen LogP contribution < -0.4 is 5.32 Å². The number of pyridine rings is 1. The van der Waals surface area contributed by atoms with Crippen LogP contribution in [0.25, 0.3) is 0 Å². The molecule has 2 rings (SSSR count). The Hall–Kier alpha value is -2.70. The topological polar surface area (TPSA) is 108 Å². The number of rotatable bonds is 6. The molecule has 0 spiro atoms. The van der Waals surface area contributed by atoms with Crippen LogP contribution in [0.3, 0.4) is 0 Å². The van der Waals surface area contributed by atoms with Gasteiger partial charge in [-0.15, -0.1) is 0 Å². The highest BCUT2D eigenvalue weighted by atomic mass is 16.4. The lowest BCUT2D eigenvalue weighted by molar-refractivity contribution is -0.141. The summed E-state index contributed by atoms with van der Waals surface area (Å²) in [4.78, 5) is 33.9. The van der Waals surface area contributed by atoms with Gasteiger partial charge in [0.1, 0.15) is 6.04 Å². The van der Waals surface area contributed by atoms with E-state index in [1.807, 2.05) is 13.0 Å². The van der Waals surface area contributed by atoms with Crippen molar-refractivity contribution in [2.24, 2.45) is 0 Å². The molecule has 0 saturated carbocycles.